The number of carbonyl (C=O) groups is 2. The molecule has 0 spiro atoms. The molecule has 1 saturated heterocycles. The number of methoxy groups -OCH3 is 1. The fourth-order valence-electron chi connectivity index (χ4n) is 8.00. The Hall–Kier alpha value is -5.23. The molecule has 0 unspecified atom stereocenters. The number of imide groups is 1. The number of aromatic nitrogens is 3. The first kappa shape index (κ1) is 32.9. The summed E-state index contributed by atoms with van der Waals surface area (Å²) in [5, 5.41) is 12.1. The molecule has 4 aromatic carbocycles. The largest absolute Gasteiger partial charge is 0.508 e. The van der Waals surface area contributed by atoms with Crippen molar-refractivity contribution in [1.29, 1.82) is 0 Å². The van der Waals surface area contributed by atoms with E-state index in [2.05, 4.69) is 5.43 Å². The Morgan fingerprint density at radius 3 is 2.29 bits per heavy atom. The number of halogens is 3. The normalized spacial score (nSPS) is 22.2. The molecule has 8 rings (SSSR count). The molecule has 14 heteroatoms. The quantitative estimate of drug-likeness (QED) is 0.159. The van der Waals surface area contributed by atoms with Gasteiger partial charge in [0.15, 0.2) is 0 Å². The highest BCUT2D eigenvalue weighted by Crippen LogP contribution is 2.62. The fourth-order valence-corrected chi connectivity index (χ4v) is 8.73. The van der Waals surface area contributed by atoms with Crippen LogP contribution in [-0.2, 0) is 21.5 Å². The molecule has 51 heavy (non-hydrogen) atoms. The van der Waals surface area contributed by atoms with Crippen molar-refractivity contribution in [2.24, 2.45) is 5.92 Å². The van der Waals surface area contributed by atoms with Crippen molar-refractivity contribution in [3.05, 3.63) is 150 Å². The number of fused-ring (bicyclic) bond motifs is 4. The minimum absolute atomic E-state index is 0.0137. The molecule has 2 fully saturated rings. The van der Waals surface area contributed by atoms with Gasteiger partial charge in [-0.1, -0.05) is 77.3 Å². The van der Waals surface area contributed by atoms with E-state index in [9.17, 15) is 19.5 Å². The molecule has 2 N–H and O–H groups in total. The summed E-state index contributed by atoms with van der Waals surface area (Å²) < 4.78 is 9.27. The zero-order valence-electron chi connectivity index (χ0n) is 26.8. The van der Waals surface area contributed by atoms with E-state index in [1.54, 1.807) is 72.8 Å². The second kappa shape index (κ2) is 12.2. The van der Waals surface area contributed by atoms with Crippen LogP contribution in [0.4, 0.5) is 5.69 Å². The summed E-state index contributed by atoms with van der Waals surface area (Å²) in [5.41, 5.74) is 2.44. The minimum Gasteiger partial charge on any atom is -0.508 e. The third kappa shape index (κ3) is 4.86. The second-order valence-electron chi connectivity index (χ2n) is 12.6. The molecule has 0 radical (unpaired) electrons. The Balaban J connectivity index is 1.39. The predicted molar refractivity (Wildman–Crippen MR) is 192 cm³/mol. The lowest BCUT2D eigenvalue weighted by molar-refractivity contribution is -0.138. The van der Waals surface area contributed by atoms with E-state index in [1.807, 2.05) is 6.08 Å². The number of rotatable bonds is 6. The Bertz CT molecular complexity index is 2400. The standard InChI is InChI=1S/C37H28Cl3N5O6/c1-51-24-11-7-20(8-12-24)37-27(33(47)44(34(37)48)41-30-14-9-21(38)17-29(30)40)19-31-26(32(37)25-13-10-23(46)18-28(25)39)15-16-42-35(49)43(36(50)45(31)42)22-5-3-2-4-6-22/h2-15,17-18,27,31-32,41,46H,16,19H2,1H3/t27-,31+,32-,37+/m0/s1. The van der Waals surface area contributed by atoms with E-state index in [0.717, 1.165) is 9.58 Å². The average Bonchev–Trinajstić information content (AvgIpc) is 3.50. The van der Waals surface area contributed by atoms with Gasteiger partial charge in [0, 0.05) is 16.0 Å². The molecule has 3 aliphatic rings. The highest BCUT2D eigenvalue weighted by Gasteiger charge is 2.69. The van der Waals surface area contributed by atoms with E-state index in [4.69, 9.17) is 39.5 Å². The number of para-hydroxylation sites is 1. The van der Waals surface area contributed by atoms with Crippen LogP contribution in [0.3, 0.4) is 0 Å². The van der Waals surface area contributed by atoms with Crippen LogP contribution in [0.25, 0.3) is 5.69 Å². The number of anilines is 1. The Labute approximate surface area is 305 Å². The molecule has 2 amide bonds. The number of amides is 2. The van der Waals surface area contributed by atoms with Crippen LogP contribution in [0.5, 0.6) is 11.5 Å². The van der Waals surface area contributed by atoms with Gasteiger partial charge >= 0.3 is 11.4 Å². The van der Waals surface area contributed by atoms with E-state index >= 15 is 4.79 Å². The molecule has 258 valence electrons. The molecule has 1 saturated carbocycles. The molecular formula is C37H28Cl3N5O6. The van der Waals surface area contributed by atoms with Crippen LogP contribution >= 0.6 is 34.8 Å². The molecule has 0 bridgehead atoms. The predicted octanol–water partition coefficient (Wildman–Crippen LogP) is 6.09. The number of benzene rings is 4. The maximum absolute atomic E-state index is 15.3. The lowest BCUT2D eigenvalue weighted by Gasteiger charge is -2.49. The molecule has 1 aliphatic carbocycles. The number of phenols is 1. The lowest BCUT2D eigenvalue weighted by Crippen LogP contribution is -2.53. The van der Waals surface area contributed by atoms with Crippen LogP contribution in [0, 0.1) is 5.92 Å². The lowest BCUT2D eigenvalue weighted by atomic mass is 9.53. The van der Waals surface area contributed by atoms with Gasteiger partial charge in [0.25, 0.3) is 11.8 Å². The van der Waals surface area contributed by atoms with Gasteiger partial charge < -0.3 is 9.84 Å². The summed E-state index contributed by atoms with van der Waals surface area (Å²) in [4.78, 5) is 58.2. The van der Waals surface area contributed by atoms with Crippen molar-refractivity contribution in [2.45, 2.75) is 30.3 Å². The third-order valence-corrected chi connectivity index (χ3v) is 11.0. The number of hydrogen-bond donors (Lipinski definition) is 2. The Morgan fingerprint density at radius 1 is 0.863 bits per heavy atom. The molecule has 1 aromatic heterocycles. The van der Waals surface area contributed by atoms with Crippen LogP contribution in [0.1, 0.15) is 29.5 Å². The van der Waals surface area contributed by atoms with Gasteiger partial charge in [-0.3, -0.25) is 15.0 Å². The molecule has 5 aromatic rings. The minimum atomic E-state index is -1.62. The van der Waals surface area contributed by atoms with E-state index < -0.39 is 46.5 Å². The van der Waals surface area contributed by atoms with Crippen LogP contribution in [0.2, 0.25) is 15.1 Å². The number of hydrogen-bond acceptors (Lipinski definition) is 7. The number of nitrogens with zero attached hydrogens (tertiary/aromatic N) is 4. The average molecular weight is 745 g/mol. The van der Waals surface area contributed by atoms with Gasteiger partial charge in [0.05, 0.1) is 47.4 Å². The maximum Gasteiger partial charge on any atom is 0.352 e. The SMILES string of the molecule is COc1ccc([C@@]23C(=O)N(Nc4ccc(Cl)cc4Cl)C(=O)[C@@H]2C[C@@H]2C(=CCn4c(=O)n(-c5ccccc5)c(=O)n42)[C@@H]3c2ccc(O)cc2Cl)cc1. The fraction of sp³-hybridized carbons (Fsp3) is 0.189. The van der Waals surface area contributed by atoms with E-state index in [-0.39, 0.29) is 34.4 Å². The molecule has 4 atom stereocenters. The first-order valence-corrected chi connectivity index (χ1v) is 17.1. The van der Waals surface area contributed by atoms with Gasteiger partial charge in [-0.05, 0) is 77.7 Å². The monoisotopic (exact) mass is 743 g/mol. The summed E-state index contributed by atoms with van der Waals surface area (Å²) in [7, 11) is 1.53. The number of ether oxygens (including phenoxy) is 1. The number of hydrazine groups is 1. The van der Waals surface area contributed by atoms with Crippen molar-refractivity contribution < 1.29 is 19.4 Å². The van der Waals surface area contributed by atoms with Crippen LogP contribution in [0.15, 0.2) is 112 Å². The number of allylic oxidation sites excluding steroid dienone is 2. The number of phenolic OH excluding ortho intramolecular Hbond substituents is 1. The van der Waals surface area contributed by atoms with Gasteiger partial charge in [0.2, 0.25) is 0 Å². The van der Waals surface area contributed by atoms with Crippen molar-refractivity contribution in [2.75, 3.05) is 12.5 Å². The van der Waals surface area contributed by atoms with Crippen molar-refractivity contribution >= 4 is 52.3 Å². The smallest absolute Gasteiger partial charge is 0.352 e. The first-order chi connectivity index (χ1) is 24.6. The Kier molecular flexibility index (Phi) is 7.90. The van der Waals surface area contributed by atoms with Gasteiger partial charge in [-0.25, -0.2) is 23.5 Å². The molecular weight excluding hydrogens is 717 g/mol. The van der Waals surface area contributed by atoms with Crippen molar-refractivity contribution in [3.63, 3.8) is 0 Å². The first-order valence-electron chi connectivity index (χ1n) is 16.0. The van der Waals surface area contributed by atoms with Crippen molar-refractivity contribution in [3.8, 4) is 17.2 Å². The second-order valence-corrected chi connectivity index (χ2v) is 13.9. The number of nitrogens with one attached hydrogen (secondary N) is 1. The zero-order chi connectivity index (χ0) is 35.8. The maximum atomic E-state index is 15.3. The highest BCUT2D eigenvalue weighted by molar-refractivity contribution is 6.36. The summed E-state index contributed by atoms with van der Waals surface area (Å²) >= 11 is 19.6. The molecule has 3 heterocycles. The van der Waals surface area contributed by atoms with Crippen molar-refractivity contribution in [1.82, 2.24) is 18.9 Å². The molecule has 2 aliphatic heterocycles. The zero-order valence-corrected chi connectivity index (χ0v) is 29.1. The summed E-state index contributed by atoms with van der Waals surface area (Å²) in [6, 6.07) is 23.8. The van der Waals surface area contributed by atoms with Crippen LogP contribution < -0.4 is 21.5 Å². The number of carbonyl (C=O) groups excluding carboxylic acids is 2. The Morgan fingerprint density at radius 2 is 1.61 bits per heavy atom. The van der Waals surface area contributed by atoms with Gasteiger partial charge in [-0.15, -0.1) is 0 Å². The van der Waals surface area contributed by atoms with Gasteiger partial charge in [-0.2, -0.15) is 5.01 Å². The highest BCUT2D eigenvalue weighted by atomic mass is 35.5. The summed E-state index contributed by atoms with van der Waals surface area (Å²) in [5.74, 6) is -2.74. The summed E-state index contributed by atoms with van der Waals surface area (Å²) in [6.07, 6.45) is 1.82. The van der Waals surface area contributed by atoms with Gasteiger partial charge in [0.1, 0.15) is 11.5 Å². The molecule has 11 nitrogen and oxygen atoms in total. The topological polar surface area (TPSA) is 128 Å². The number of aromatic hydroxyl groups is 1. The third-order valence-electron chi connectivity index (χ3n) is 10.2. The summed E-state index contributed by atoms with van der Waals surface area (Å²) in [6.45, 7) is 0.0137. The van der Waals surface area contributed by atoms with E-state index in [0.29, 0.717) is 33.2 Å². The van der Waals surface area contributed by atoms with E-state index in [1.165, 1.54) is 34.7 Å². The van der Waals surface area contributed by atoms with Crippen LogP contribution in [-0.4, -0.2) is 43.0 Å².